The highest BCUT2D eigenvalue weighted by Crippen LogP contribution is 2.30. The molecule has 1 rings (SSSR count). The van der Waals surface area contributed by atoms with E-state index in [1.165, 1.54) is 25.1 Å². The topological polar surface area (TPSA) is 26.3 Å². The molecule has 1 aromatic rings. The molecule has 0 saturated carbocycles. The number of alkyl halides is 3. The van der Waals surface area contributed by atoms with E-state index in [-0.39, 0.29) is 17.2 Å². The Morgan fingerprint density at radius 3 is 2.50 bits per heavy atom. The van der Waals surface area contributed by atoms with Crippen molar-refractivity contribution in [1.29, 1.82) is 0 Å². The van der Waals surface area contributed by atoms with Gasteiger partial charge < -0.3 is 4.74 Å². The SMILES string of the molecule is CCOC(=O)C(=Cc1ccccc1Cl)C(F)(F)F. The van der Waals surface area contributed by atoms with E-state index in [1.807, 2.05) is 0 Å². The maximum atomic E-state index is 12.7. The van der Waals surface area contributed by atoms with E-state index in [4.69, 9.17) is 11.6 Å². The van der Waals surface area contributed by atoms with Gasteiger partial charge in [-0.2, -0.15) is 13.2 Å². The van der Waals surface area contributed by atoms with E-state index >= 15 is 0 Å². The fourth-order valence-corrected chi connectivity index (χ4v) is 1.40. The number of ether oxygens (including phenoxy) is 1. The summed E-state index contributed by atoms with van der Waals surface area (Å²) in [6, 6.07) is 5.92. The van der Waals surface area contributed by atoms with Crippen LogP contribution in [-0.4, -0.2) is 18.8 Å². The predicted molar refractivity (Wildman–Crippen MR) is 62.1 cm³/mol. The third kappa shape index (κ3) is 3.77. The zero-order valence-corrected chi connectivity index (χ0v) is 10.2. The van der Waals surface area contributed by atoms with Gasteiger partial charge in [0.15, 0.2) is 0 Å². The summed E-state index contributed by atoms with van der Waals surface area (Å²) in [6.07, 6.45) is -4.11. The summed E-state index contributed by atoms with van der Waals surface area (Å²) in [5.74, 6) is -1.41. The lowest BCUT2D eigenvalue weighted by atomic mass is 10.1. The average molecular weight is 279 g/mol. The molecule has 0 heterocycles. The van der Waals surface area contributed by atoms with Crippen LogP contribution in [0.5, 0.6) is 0 Å². The Kier molecular flexibility index (Phi) is 4.78. The zero-order valence-electron chi connectivity index (χ0n) is 9.42. The molecule has 0 N–H and O–H groups in total. The smallest absolute Gasteiger partial charge is 0.423 e. The number of benzene rings is 1. The van der Waals surface area contributed by atoms with Crippen LogP contribution in [0, 0.1) is 0 Å². The Bertz CT molecular complexity index is 467. The molecule has 18 heavy (non-hydrogen) atoms. The van der Waals surface area contributed by atoms with Crippen molar-refractivity contribution in [2.24, 2.45) is 0 Å². The van der Waals surface area contributed by atoms with E-state index in [0.717, 1.165) is 0 Å². The third-order valence-electron chi connectivity index (χ3n) is 2.01. The number of halogens is 4. The Hall–Kier alpha value is -1.49. The molecule has 1 aromatic carbocycles. The number of hydrogen-bond donors (Lipinski definition) is 0. The minimum absolute atomic E-state index is 0.111. The van der Waals surface area contributed by atoms with Crippen LogP contribution < -0.4 is 0 Å². The van der Waals surface area contributed by atoms with Gasteiger partial charge in [0, 0.05) is 5.02 Å². The van der Waals surface area contributed by atoms with Crippen LogP contribution >= 0.6 is 11.6 Å². The lowest BCUT2D eigenvalue weighted by Crippen LogP contribution is -2.22. The molecule has 0 radical (unpaired) electrons. The highest BCUT2D eigenvalue weighted by molar-refractivity contribution is 6.32. The molecule has 0 fully saturated rings. The van der Waals surface area contributed by atoms with Crippen molar-refractivity contribution in [1.82, 2.24) is 0 Å². The van der Waals surface area contributed by atoms with Gasteiger partial charge in [-0.15, -0.1) is 0 Å². The van der Waals surface area contributed by atoms with Crippen molar-refractivity contribution >= 4 is 23.6 Å². The van der Waals surface area contributed by atoms with Crippen molar-refractivity contribution in [2.75, 3.05) is 6.61 Å². The zero-order chi connectivity index (χ0) is 13.8. The molecule has 0 spiro atoms. The van der Waals surface area contributed by atoms with Gasteiger partial charge in [-0.3, -0.25) is 0 Å². The number of hydrogen-bond acceptors (Lipinski definition) is 2. The van der Waals surface area contributed by atoms with Gasteiger partial charge in [-0.05, 0) is 24.6 Å². The molecular weight excluding hydrogens is 269 g/mol. The second-order valence-corrected chi connectivity index (χ2v) is 3.70. The maximum absolute atomic E-state index is 12.7. The Labute approximate surface area is 107 Å². The maximum Gasteiger partial charge on any atom is 0.423 e. The van der Waals surface area contributed by atoms with Crippen LogP contribution in [-0.2, 0) is 9.53 Å². The van der Waals surface area contributed by atoms with Crippen LogP contribution in [0.15, 0.2) is 29.8 Å². The minimum Gasteiger partial charge on any atom is -0.462 e. The first-order chi connectivity index (χ1) is 8.36. The monoisotopic (exact) mass is 278 g/mol. The van der Waals surface area contributed by atoms with Gasteiger partial charge in [0.2, 0.25) is 0 Å². The molecule has 0 amide bonds. The van der Waals surface area contributed by atoms with Gasteiger partial charge in [0.1, 0.15) is 5.57 Å². The lowest BCUT2D eigenvalue weighted by molar-refractivity contribution is -0.149. The summed E-state index contributed by atoms with van der Waals surface area (Å²) >= 11 is 5.74. The summed E-state index contributed by atoms with van der Waals surface area (Å²) in [7, 11) is 0. The molecule has 6 heteroatoms. The van der Waals surface area contributed by atoms with Crippen molar-refractivity contribution in [2.45, 2.75) is 13.1 Å². The normalized spacial score (nSPS) is 12.4. The summed E-state index contributed by atoms with van der Waals surface area (Å²) in [5.41, 5.74) is -1.27. The van der Waals surface area contributed by atoms with Gasteiger partial charge in [0.05, 0.1) is 6.61 Å². The van der Waals surface area contributed by atoms with Crippen LogP contribution in [0.3, 0.4) is 0 Å². The van der Waals surface area contributed by atoms with Crippen molar-refractivity contribution < 1.29 is 22.7 Å². The standard InChI is InChI=1S/C12H10ClF3O2/c1-2-18-11(17)9(12(14,15)16)7-8-5-3-4-6-10(8)13/h3-7H,2H2,1H3. The number of rotatable bonds is 3. The number of esters is 1. The first kappa shape index (κ1) is 14.6. The van der Waals surface area contributed by atoms with Crippen molar-refractivity contribution in [3.05, 3.63) is 40.4 Å². The second kappa shape index (κ2) is 5.91. The summed E-state index contributed by atoms with van der Waals surface area (Å²) in [4.78, 5) is 11.3. The Balaban J connectivity index is 3.19. The summed E-state index contributed by atoms with van der Waals surface area (Å²) in [6.45, 7) is 1.30. The quantitative estimate of drug-likeness (QED) is 0.620. The predicted octanol–water partition coefficient (Wildman–Crippen LogP) is 3.85. The summed E-state index contributed by atoms with van der Waals surface area (Å²) in [5, 5.41) is 0.128. The minimum atomic E-state index is -4.79. The van der Waals surface area contributed by atoms with Crippen LogP contribution in [0.25, 0.3) is 6.08 Å². The molecule has 2 nitrogen and oxygen atoms in total. The average Bonchev–Trinajstić information content (AvgIpc) is 2.26. The van der Waals surface area contributed by atoms with Gasteiger partial charge in [-0.25, -0.2) is 4.79 Å². The molecule has 0 aromatic heterocycles. The van der Waals surface area contributed by atoms with E-state index in [1.54, 1.807) is 6.07 Å². The highest BCUT2D eigenvalue weighted by Gasteiger charge is 2.39. The lowest BCUT2D eigenvalue weighted by Gasteiger charge is -2.11. The van der Waals surface area contributed by atoms with Crippen LogP contribution in [0.1, 0.15) is 12.5 Å². The molecule has 0 unspecified atom stereocenters. The van der Waals surface area contributed by atoms with Crippen molar-refractivity contribution in [3.8, 4) is 0 Å². The second-order valence-electron chi connectivity index (χ2n) is 3.30. The van der Waals surface area contributed by atoms with Crippen LogP contribution in [0.4, 0.5) is 13.2 Å². The van der Waals surface area contributed by atoms with E-state index in [2.05, 4.69) is 4.74 Å². The van der Waals surface area contributed by atoms with Crippen LogP contribution in [0.2, 0.25) is 5.02 Å². The molecule has 0 aliphatic rings. The molecule has 0 atom stereocenters. The van der Waals surface area contributed by atoms with E-state index in [0.29, 0.717) is 6.08 Å². The largest absolute Gasteiger partial charge is 0.462 e. The van der Waals surface area contributed by atoms with Gasteiger partial charge >= 0.3 is 12.1 Å². The molecule has 0 bridgehead atoms. The molecular formula is C12H10ClF3O2. The van der Waals surface area contributed by atoms with Crippen molar-refractivity contribution in [3.63, 3.8) is 0 Å². The molecule has 0 saturated heterocycles. The molecule has 0 aliphatic heterocycles. The number of carbonyl (C=O) groups excluding carboxylic acids is 1. The Morgan fingerprint density at radius 2 is 2.00 bits per heavy atom. The Morgan fingerprint density at radius 1 is 1.39 bits per heavy atom. The van der Waals surface area contributed by atoms with Gasteiger partial charge in [0.25, 0.3) is 0 Å². The van der Waals surface area contributed by atoms with E-state index < -0.39 is 17.7 Å². The fraction of sp³-hybridized carbons (Fsp3) is 0.250. The molecule has 98 valence electrons. The third-order valence-corrected chi connectivity index (χ3v) is 2.35. The molecule has 0 aliphatic carbocycles. The summed E-state index contributed by atoms with van der Waals surface area (Å²) < 4.78 is 42.5. The first-order valence-corrected chi connectivity index (χ1v) is 5.44. The fourth-order valence-electron chi connectivity index (χ4n) is 1.21. The number of carbonyl (C=O) groups is 1. The first-order valence-electron chi connectivity index (χ1n) is 5.06. The highest BCUT2D eigenvalue weighted by atomic mass is 35.5. The van der Waals surface area contributed by atoms with Gasteiger partial charge in [-0.1, -0.05) is 29.8 Å². The van der Waals surface area contributed by atoms with E-state index in [9.17, 15) is 18.0 Å².